The number of carbonyl (C=O) groups is 1. The zero-order chi connectivity index (χ0) is 13.8. The number of amides is 1. The molecule has 0 unspecified atom stereocenters. The molecule has 1 amide bonds. The van der Waals surface area contributed by atoms with Crippen LogP contribution in [0.15, 0.2) is 18.2 Å². The number of carbonyl (C=O) groups excluding carboxylic acids is 1. The molecule has 0 radical (unpaired) electrons. The van der Waals surface area contributed by atoms with E-state index < -0.39 is 0 Å². The van der Waals surface area contributed by atoms with Crippen LogP contribution in [0, 0.1) is 6.92 Å². The number of aryl methyl sites for hydroxylation is 1. The van der Waals surface area contributed by atoms with E-state index in [0.29, 0.717) is 6.54 Å². The fourth-order valence-corrected chi connectivity index (χ4v) is 2.20. The summed E-state index contributed by atoms with van der Waals surface area (Å²) in [5, 5.41) is 3.22. The summed E-state index contributed by atoms with van der Waals surface area (Å²) in [5.74, 6) is 0.186. The van der Waals surface area contributed by atoms with Crippen molar-refractivity contribution in [2.45, 2.75) is 6.92 Å². The lowest BCUT2D eigenvalue weighted by Crippen LogP contribution is -2.48. The van der Waals surface area contributed by atoms with Gasteiger partial charge in [0.05, 0.1) is 6.54 Å². The van der Waals surface area contributed by atoms with E-state index in [1.807, 2.05) is 11.0 Å². The molecule has 102 valence electrons. The molecule has 1 heterocycles. The molecule has 1 aliphatic heterocycles. The van der Waals surface area contributed by atoms with Crippen molar-refractivity contribution in [3.05, 3.63) is 23.8 Å². The predicted octanol–water partition coefficient (Wildman–Crippen LogP) is -0.561. The molecule has 4 nitrogen and oxygen atoms in total. The normalized spacial score (nSPS) is 16.4. The van der Waals surface area contributed by atoms with Crippen molar-refractivity contribution in [1.82, 2.24) is 9.80 Å². The molecule has 1 aliphatic rings. The third-order valence-electron chi connectivity index (χ3n) is 3.81. The molecule has 0 aromatic heterocycles. The number of hydrogen-bond acceptors (Lipinski definition) is 3. The van der Waals surface area contributed by atoms with Gasteiger partial charge in [0, 0.05) is 31.9 Å². The molecule has 2 rings (SSSR count). The molecule has 0 bridgehead atoms. The highest BCUT2D eigenvalue weighted by Gasteiger charge is 2.18. The number of nitrogens with zero attached hydrogens (tertiary/aromatic N) is 2. The van der Waals surface area contributed by atoms with E-state index >= 15 is 0 Å². The van der Waals surface area contributed by atoms with E-state index in [0.717, 1.165) is 31.9 Å². The van der Waals surface area contributed by atoms with Gasteiger partial charge in [-0.2, -0.15) is 0 Å². The van der Waals surface area contributed by atoms with Gasteiger partial charge in [0.25, 0.3) is 0 Å². The molecule has 1 fully saturated rings. The maximum absolute atomic E-state index is 12.1. The fraction of sp³-hybridized carbons (Fsp3) is 0.500. The lowest BCUT2D eigenvalue weighted by atomic mass is 9.91. The van der Waals surface area contributed by atoms with Crippen molar-refractivity contribution >= 4 is 24.9 Å². The van der Waals surface area contributed by atoms with Gasteiger partial charge >= 0.3 is 0 Å². The van der Waals surface area contributed by atoms with E-state index in [9.17, 15) is 4.79 Å². The Labute approximate surface area is 116 Å². The Morgan fingerprint density at radius 2 is 2.00 bits per heavy atom. The van der Waals surface area contributed by atoms with Gasteiger partial charge in [0.1, 0.15) is 7.85 Å². The average Bonchev–Trinajstić information content (AvgIpc) is 2.40. The molecule has 0 atom stereocenters. The summed E-state index contributed by atoms with van der Waals surface area (Å²) in [4.78, 5) is 16.3. The van der Waals surface area contributed by atoms with Gasteiger partial charge in [-0.1, -0.05) is 17.1 Å². The molecular weight excluding hydrogens is 237 g/mol. The van der Waals surface area contributed by atoms with Gasteiger partial charge < -0.3 is 15.1 Å². The van der Waals surface area contributed by atoms with Crippen LogP contribution in [-0.2, 0) is 4.79 Å². The van der Waals surface area contributed by atoms with Gasteiger partial charge in [-0.25, -0.2) is 0 Å². The van der Waals surface area contributed by atoms with Crippen molar-refractivity contribution < 1.29 is 4.79 Å². The largest absolute Gasteiger partial charge is 0.376 e. The molecule has 5 heteroatoms. The Balaban J connectivity index is 1.84. The minimum Gasteiger partial charge on any atom is -0.376 e. The molecule has 0 aliphatic carbocycles. The van der Waals surface area contributed by atoms with Crippen molar-refractivity contribution in [2.75, 3.05) is 45.1 Å². The number of nitrogens with one attached hydrogen (secondary N) is 1. The Morgan fingerprint density at radius 1 is 1.32 bits per heavy atom. The first kappa shape index (κ1) is 13.9. The van der Waals surface area contributed by atoms with Gasteiger partial charge in [-0.15, -0.1) is 0 Å². The van der Waals surface area contributed by atoms with Crippen LogP contribution in [0.2, 0.25) is 0 Å². The summed E-state index contributed by atoms with van der Waals surface area (Å²) in [7, 11) is 4.18. The molecule has 0 saturated carbocycles. The third-order valence-corrected chi connectivity index (χ3v) is 3.81. The number of piperazine rings is 1. The van der Waals surface area contributed by atoms with Crippen LogP contribution in [0.3, 0.4) is 0 Å². The Hall–Kier alpha value is -1.49. The lowest BCUT2D eigenvalue weighted by molar-refractivity contribution is -0.130. The molecular formula is C14H22BN3O. The highest BCUT2D eigenvalue weighted by molar-refractivity contribution is 6.33. The monoisotopic (exact) mass is 259 g/mol. The van der Waals surface area contributed by atoms with Crippen LogP contribution in [-0.4, -0.2) is 63.3 Å². The minimum absolute atomic E-state index is 0.186. The Kier molecular flexibility index (Phi) is 4.48. The predicted molar refractivity (Wildman–Crippen MR) is 81.9 cm³/mol. The van der Waals surface area contributed by atoms with Gasteiger partial charge in [0.15, 0.2) is 0 Å². The second-order valence-corrected chi connectivity index (χ2v) is 5.34. The summed E-state index contributed by atoms with van der Waals surface area (Å²) in [6.07, 6.45) is 0. The molecule has 1 aromatic carbocycles. The number of anilines is 1. The lowest BCUT2D eigenvalue weighted by Gasteiger charge is -2.32. The molecule has 19 heavy (non-hydrogen) atoms. The summed E-state index contributed by atoms with van der Waals surface area (Å²) >= 11 is 0. The van der Waals surface area contributed by atoms with Crippen molar-refractivity contribution in [3.63, 3.8) is 0 Å². The number of rotatable bonds is 3. The van der Waals surface area contributed by atoms with E-state index in [2.05, 4.69) is 44.2 Å². The molecule has 1 N–H and O–H groups in total. The minimum atomic E-state index is 0.186. The second-order valence-electron chi connectivity index (χ2n) is 5.34. The maximum Gasteiger partial charge on any atom is 0.241 e. The number of benzene rings is 1. The SMILES string of the molecule is Bc1ccc(NCC(=O)N2CCN(C)CC2)cc1C. The maximum atomic E-state index is 12.1. The summed E-state index contributed by atoms with van der Waals surface area (Å²) in [5.41, 5.74) is 3.54. The Morgan fingerprint density at radius 3 is 2.63 bits per heavy atom. The zero-order valence-electron chi connectivity index (χ0n) is 12.1. The van der Waals surface area contributed by atoms with Crippen molar-refractivity contribution in [3.8, 4) is 0 Å². The van der Waals surface area contributed by atoms with Gasteiger partial charge in [-0.3, -0.25) is 4.79 Å². The smallest absolute Gasteiger partial charge is 0.241 e. The first-order valence-electron chi connectivity index (χ1n) is 6.83. The van der Waals surface area contributed by atoms with Crippen LogP contribution in [0.25, 0.3) is 0 Å². The third kappa shape index (κ3) is 3.74. The quantitative estimate of drug-likeness (QED) is 0.739. The van der Waals surface area contributed by atoms with E-state index in [1.165, 1.54) is 11.0 Å². The zero-order valence-corrected chi connectivity index (χ0v) is 12.1. The van der Waals surface area contributed by atoms with Crippen molar-refractivity contribution in [1.29, 1.82) is 0 Å². The summed E-state index contributed by atoms with van der Waals surface area (Å²) in [6.45, 7) is 6.08. The van der Waals surface area contributed by atoms with E-state index in [4.69, 9.17) is 0 Å². The van der Waals surface area contributed by atoms with Crippen LogP contribution in [0.4, 0.5) is 5.69 Å². The van der Waals surface area contributed by atoms with E-state index in [1.54, 1.807) is 0 Å². The topological polar surface area (TPSA) is 35.6 Å². The van der Waals surface area contributed by atoms with Crippen LogP contribution in [0.5, 0.6) is 0 Å². The van der Waals surface area contributed by atoms with Crippen molar-refractivity contribution in [2.24, 2.45) is 0 Å². The number of hydrogen-bond donors (Lipinski definition) is 1. The summed E-state index contributed by atoms with van der Waals surface area (Å²) in [6, 6.07) is 6.20. The van der Waals surface area contributed by atoms with Gasteiger partial charge in [-0.05, 0) is 26.1 Å². The highest BCUT2D eigenvalue weighted by atomic mass is 16.2. The first-order valence-corrected chi connectivity index (χ1v) is 6.83. The first-order chi connectivity index (χ1) is 9.06. The highest BCUT2D eigenvalue weighted by Crippen LogP contribution is 2.08. The fourth-order valence-electron chi connectivity index (χ4n) is 2.20. The molecule has 1 aromatic rings. The molecule has 1 saturated heterocycles. The van der Waals surface area contributed by atoms with Crippen LogP contribution >= 0.6 is 0 Å². The van der Waals surface area contributed by atoms with Crippen LogP contribution < -0.4 is 10.8 Å². The standard InChI is InChI=1S/C14H22BN3O/c1-11-9-12(3-4-13(11)15)16-10-14(19)18-7-5-17(2)6-8-18/h3-4,9,16H,5-8,10,15H2,1-2H3. The molecule has 0 spiro atoms. The Bertz CT molecular complexity index is 456. The second kappa shape index (κ2) is 6.11. The average molecular weight is 259 g/mol. The summed E-state index contributed by atoms with van der Waals surface area (Å²) < 4.78 is 0. The van der Waals surface area contributed by atoms with E-state index in [-0.39, 0.29) is 5.91 Å². The van der Waals surface area contributed by atoms with Crippen LogP contribution in [0.1, 0.15) is 5.56 Å². The van der Waals surface area contributed by atoms with Gasteiger partial charge in [0.2, 0.25) is 5.91 Å². The number of likely N-dealkylation sites (N-methyl/N-ethyl adjacent to an activating group) is 1.